The maximum atomic E-state index is 5.82. The van der Waals surface area contributed by atoms with Crippen molar-refractivity contribution < 1.29 is 4.42 Å². The maximum Gasteiger partial charge on any atom is 0.195 e. The van der Waals surface area contributed by atoms with E-state index in [2.05, 4.69) is 36.1 Å². The molecule has 0 radical (unpaired) electrons. The number of furan rings is 1. The Labute approximate surface area is 129 Å². The molecule has 0 aliphatic rings. The van der Waals surface area contributed by atoms with E-state index in [-0.39, 0.29) is 0 Å². The van der Waals surface area contributed by atoms with Gasteiger partial charge in [0.2, 0.25) is 0 Å². The Hall–Kier alpha value is -2.37. The van der Waals surface area contributed by atoms with Crippen molar-refractivity contribution in [1.82, 2.24) is 19.8 Å². The molecular weight excluding hydrogens is 278 g/mol. The third kappa shape index (κ3) is 2.34. The first-order chi connectivity index (χ1) is 10.5. The summed E-state index contributed by atoms with van der Waals surface area (Å²) in [6.45, 7) is 6.32. The van der Waals surface area contributed by atoms with Crippen LogP contribution in [0.25, 0.3) is 11.7 Å². The van der Waals surface area contributed by atoms with Gasteiger partial charge in [0.15, 0.2) is 17.4 Å². The van der Waals surface area contributed by atoms with Crippen LogP contribution in [0.2, 0.25) is 0 Å². The van der Waals surface area contributed by atoms with Crippen LogP contribution in [-0.2, 0) is 6.42 Å². The standard InChI is InChI=1S/C16H21N5O/c1-6-13-17-18-16-12(15(10(2)3)19-21(13)16)9-11-7-8-14(22-11)20(4)5/h7-10H,6H2,1-5H3. The molecule has 3 heterocycles. The minimum atomic E-state index is 0.306. The Morgan fingerprint density at radius 2 is 2.05 bits per heavy atom. The van der Waals surface area contributed by atoms with Crippen molar-refractivity contribution in [2.24, 2.45) is 0 Å². The van der Waals surface area contributed by atoms with Gasteiger partial charge in [-0.2, -0.15) is 9.61 Å². The fraction of sp³-hybridized carbons (Fsp3) is 0.438. The Balaban J connectivity index is 2.20. The third-order valence-corrected chi connectivity index (χ3v) is 3.63. The molecule has 0 spiro atoms. The van der Waals surface area contributed by atoms with E-state index in [1.165, 1.54) is 0 Å². The Bertz CT molecular complexity index is 844. The normalized spacial score (nSPS) is 12.7. The van der Waals surface area contributed by atoms with Gasteiger partial charge >= 0.3 is 0 Å². The summed E-state index contributed by atoms with van der Waals surface area (Å²) in [6, 6.07) is 3.91. The van der Waals surface area contributed by atoms with Crippen LogP contribution < -0.4 is 10.1 Å². The molecular formula is C16H21N5O. The Kier molecular flexibility index (Phi) is 3.60. The predicted molar refractivity (Wildman–Crippen MR) is 86.1 cm³/mol. The van der Waals surface area contributed by atoms with Crippen molar-refractivity contribution in [2.75, 3.05) is 19.0 Å². The van der Waals surface area contributed by atoms with E-state index in [0.29, 0.717) is 5.92 Å². The van der Waals surface area contributed by atoms with E-state index in [9.17, 15) is 0 Å². The highest BCUT2D eigenvalue weighted by atomic mass is 16.4. The van der Waals surface area contributed by atoms with Gasteiger partial charge in [-0.15, -0.1) is 10.2 Å². The van der Waals surface area contributed by atoms with Crippen LogP contribution in [0.4, 0.5) is 5.88 Å². The first-order valence-corrected chi connectivity index (χ1v) is 7.54. The molecule has 3 rings (SSSR count). The smallest absolute Gasteiger partial charge is 0.195 e. The highest BCUT2D eigenvalue weighted by Crippen LogP contribution is 2.17. The Morgan fingerprint density at radius 1 is 1.27 bits per heavy atom. The topological polar surface area (TPSA) is 59.5 Å². The molecule has 0 saturated carbocycles. The zero-order chi connectivity index (χ0) is 15.9. The van der Waals surface area contributed by atoms with E-state index in [1.807, 2.05) is 41.7 Å². The molecule has 0 aromatic carbocycles. The number of hydrogen-bond acceptors (Lipinski definition) is 5. The summed E-state index contributed by atoms with van der Waals surface area (Å²) in [5.74, 6) is 2.80. The molecule has 0 fully saturated rings. The summed E-state index contributed by atoms with van der Waals surface area (Å²) in [4.78, 5) is 1.94. The average molecular weight is 299 g/mol. The molecule has 0 saturated heterocycles. The molecule has 0 aliphatic heterocycles. The third-order valence-electron chi connectivity index (χ3n) is 3.63. The summed E-state index contributed by atoms with van der Waals surface area (Å²) in [5, 5.41) is 14.2. The minimum Gasteiger partial charge on any atom is -0.441 e. The second-order valence-electron chi connectivity index (χ2n) is 5.87. The lowest BCUT2D eigenvalue weighted by molar-refractivity contribution is 0.555. The van der Waals surface area contributed by atoms with E-state index in [1.54, 1.807) is 0 Å². The first-order valence-electron chi connectivity index (χ1n) is 7.54. The van der Waals surface area contributed by atoms with E-state index in [4.69, 9.17) is 4.42 Å². The monoisotopic (exact) mass is 299 g/mol. The fourth-order valence-corrected chi connectivity index (χ4v) is 2.45. The molecule has 6 heteroatoms. The van der Waals surface area contributed by atoms with Crippen molar-refractivity contribution in [3.05, 3.63) is 34.6 Å². The number of aryl methyl sites for hydroxylation is 1. The molecule has 116 valence electrons. The van der Waals surface area contributed by atoms with Crippen LogP contribution in [0.1, 0.15) is 44.0 Å². The molecule has 0 bridgehead atoms. The van der Waals surface area contributed by atoms with Gasteiger partial charge in [0.1, 0.15) is 5.76 Å². The van der Waals surface area contributed by atoms with Crippen LogP contribution >= 0.6 is 0 Å². The molecule has 6 nitrogen and oxygen atoms in total. The predicted octanol–water partition coefficient (Wildman–Crippen LogP) is 2.02. The minimum absolute atomic E-state index is 0.306. The quantitative estimate of drug-likeness (QED) is 0.737. The van der Waals surface area contributed by atoms with Crippen molar-refractivity contribution in [1.29, 1.82) is 0 Å². The lowest BCUT2D eigenvalue weighted by Gasteiger charge is -2.05. The van der Waals surface area contributed by atoms with Crippen LogP contribution in [0, 0.1) is 0 Å². The largest absolute Gasteiger partial charge is 0.441 e. The van der Waals surface area contributed by atoms with E-state index >= 15 is 0 Å². The maximum absolute atomic E-state index is 5.82. The van der Waals surface area contributed by atoms with Gasteiger partial charge in [-0.05, 0) is 18.1 Å². The zero-order valence-electron chi connectivity index (χ0n) is 13.7. The van der Waals surface area contributed by atoms with Gasteiger partial charge in [0.05, 0.1) is 5.69 Å². The number of hydrogen-bond donors (Lipinski definition) is 0. The van der Waals surface area contributed by atoms with Gasteiger partial charge in [0, 0.05) is 31.8 Å². The number of rotatable bonds is 4. The van der Waals surface area contributed by atoms with Crippen molar-refractivity contribution >= 4 is 17.6 Å². The van der Waals surface area contributed by atoms with Crippen molar-refractivity contribution in [3.8, 4) is 0 Å². The highest BCUT2D eigenvalue weighted by Gasteiger charge is 2.16. The van der Waals surface area contributed by atoms with Gasteiger partial charge in [-0.1, -0.05) is 20.8 Å². The molecule has 0 N–H and O–H groups in total. The molecule has 3 aromatic heterocycles. The summed E-state index contributed by atoms with van der Waals surface area (Å²) in [6.07, 6.45) is 2.81. The van der Waals surface area contributed by atoms with Crippen molar-refractivity contribution in [2.45, 2.75) is 33.1 Å². The Morgan fingerprint density at radius 3 is 2.64 bits per heavy atom. The number of nitrogens with zero attached hydrogens (tertiary/aromatic N) is 5. The lowest BCUT2D eigenvalue weighted by atomic mass is 10.1. The number of anilines is 1. The molecule has 0 atom stereocenters. The van der Waals surface area contributed by atoms with Gasteiger partial charge in [0.25, 0.3) is 0 Å². The second kappa shape index (κ2) is 5.44. The second-order valence-corrected chi connectivity index (χ2v) is 5.87. The highest BCUT2D eigenvalue weighted by molar-refractivity contribution is 5.56. The number of aromatic nitrogens is 4. The SMILES string of the molecule is CCc1nnc2c(=Cc3ccc(N(C)C)o3)c(C(C)C)nn12. The first kappa shape index (κ1) is 14.6. The van der Waals surface area contributed by atoms with Crippen LogP contribution in [0.3, 0.4) is 0 Å². The zero-order valence-corrected chi connectivity index (χ0v) is 13.7. The average Bonchev–Trinajstić information content (AvgIpc) is 3.14. The van der Waals surface area contributed by atoms with Gasteiger partial charge < -0.3 is 9.32 Å². The molecule has 0 unspecified atom stereocenters. The number of fused-ring (bicyclic) bond motifs is 1. The van der Waals surface area contributed by atoms with Gasteiger partial charge in [-0.25, -0.2) is 0 Å². The summed E-state index contributed by atoms with van der Waals surface area (Å²) in [7, 11) is 3.91. The van der Waals surface area contributed by atoms with E-state index in [0.717, 1.165) is 40.4 Å². The summed E-state index contributed by atoms with van der Waals surface area (Å²) >= 11 is 0. The van der Waals surface area contributed by atoms with Crippen molar-refractivity contribution in [3.63, 3.8) is 0 Å². The lowest BCUT2D eigenvalue weighted by Crippen LogP contribution is -2.09. The van der Waals surface area contributed by atoms with Gasteiger partial charge in [-0.3, -0.25) is 0 Å². The molecule has 0 amide bonds. The van der Waals surface area contributed by atoms with Crippen LogP contribution in [-0.4, -0.2) is 33.9 Å². The molecule has 3 aromatic rings. The molecule has 22 heavy (non-hydrogen) atoms. The summed E-state index contributed by atoms with van der Waals surface area (Å²) in [5.41, 5.74) is 1.81. The van der Waals surface area contributed by atoms with Crippen LogP contribution in [0.5, 0.6) is 0 Å². The van der Waals surface area contributed by atoms with Crippen LogP contribution in [0.15, 0.2) is 16.5 Å². The van der Waals surface area contributed by atoms with E-state index < -0.39 is 0 Å². The summed E-state index contributed by atoms with van der Waals surface area (Å²) < 4.78 is 7.66. The fourth-order valence-electron chi connectivity index (χ4n) is 2.45. The molecule has 0 aliphatic carbocycles.